The van der Waals surface area contributed by atoms with Crippen molar-refractivity contribution in [3.8, 4) is 0 Å². The molecule has 0 amide bonds. The number of hydrogen-bond acceptors (Lipinski definition) is 1. The van der Waals surface area contributed by atoms with Crippen LogP contribution in [0.15, 0.2) is 47.2 Å². The van der Waals surface area contributed by atoms with E-state index >= 15 is 0 Å². The van der Waals surface area contributed by atoms with Crippen LogP contribution in [0.5, 0.6) is 0 Å². The Morgan fingerprint density at radius 3 is 2.36 bits per heavy atom. The molecule has 70 valence electrons. The Kier molecular flexibility index (Phi) is 2.50. The second-order valence-corrected chi connectivity index (χ2v) is 3.85. The molecule has 2 aromatic rings. The van der Waals surface area contributed by atoms with E-state index in [2.05, 4.69) is 20.9 Å². The first-order chi connectivity index (χ1) is 6.77. The smallest absolute Gasteiger partial charge is 0.194 e. The zero-order valence-electron chi connectivity index (χ0n) is 7.33. The molecule has 14 heavy (non-hydrogen) atoms. The number of nitrogens with one attached hydrogen (secondary N) is 1. The average molecular weight is 250 g/mol. The van der Waals surface area contributed by atoms with Crippen LogP contribution in [0.2, 0.25) is 0 Å². The fourth-order valence-electron chi connectivity index (χ4n) is 1.23. The van der Waals surface area contributed by atoms with Gasteiger partial charge in [-0.05, 0) is 30.3 Å². The Labute approximate surface area is 90.1 Å². The second kappa shape index (κ2) is 3.80. The number of hydrogen-bond donors (Lipinski definition) is 1. The summed E-state index contributed by atoms with van der Waals surface area (Å²) in [5, 5.41) is 0. The molecule has 1 aromatic heterocycles. The molecular weight excluding hydrogens is 242 g/mol. The molecule has 0 bridgehead atoms. The first-order valence-corrected chi connectivity index (χ1v) is 5.00. The Hall–Kier alpha value is -1.35. The fraction of sp³-hybridized carbons (Fsp3) is 0. The third kappa shape index (κ3) is 1.77. The highest BCUT2D eigenvalue weighted by Gasteiger charge is 2.07. The van der Waals surface area contributed by atoms with Crippen molar-refractivity contribution in [3.63, 3.8) is 0 Å². The zero-order valence-corrected chi connectivity index (χ0v) is 8.91. The predicted octanol–water partition coefficient (Wildman–Crippen LogP) is 3.01. The van der Waals surface area contributed by atoms with Gasteiger partial charge in [0.15, 0.2) is 5.78 Å². The minimum absolute atomic E-state index is 0.0405. The van der Waals surface area contributed by atoms with Gasteiger partial charge in [0.2, 0.25) is 0 Å². The second-order valence-electron chi connectivity index (χ2n) is 2.94. The Morgan fingerprint density at radius 2 is 1.79 bits per heavy atom. The van der Waals surface area contributed by atoms with Crippen LogP contribution in [0, 0.1) is 0 Å². The number of benzene rings is 1. The molecule has 0 aliphatic rings. The predicted molar refractivity (Wildman–Crippen MR) is 58.4 cm³/mol. The van der Waals surface area contributed by atoms with E-state index in [1.165, 1.54) is 0 Å². The van der Waals surface area contributed by atoms with E-state index < -0.39 is 0 Å². The molecule has 0 atom stereocenters. The number of carbonyl (C=O) groups excluding carboxylic acids is 1. The maximum atomic E-state index is 11.8. The summed E-state index contributed by atoms with van der Waals surface area (Å²) in [6.07, 6.45) is 3.44. The van der Waals surface area contributed by atoms with E-state index in [0.29, 0.717) is 11.1 Å². The van der Waals surface area contributed by atoms with E-state index in [1.807, 2.05) is 12.1 Å². The molecule has 0 saturated carbocycles. The number of aromatic nitrogens is 1. The van der Waals surface area contributed by atoms with Crippen molar-refractivity contribution in [2.45, 2.75) is 0 Å². The summed E-state index contributed by atoms with van der Waals surface area (Å²) in [7, 11) is 0. The van der Waals surface area contributed by atoms with Crippen LogP contribution in [0.1, 0.15) is 15.9 Å². The van der Waals surface area contributed by atoms with Crippen LogP contribution in [0.4, 0.5) is 0 Å². The fourth-order valence-corrected chi connectivity index (χ4v) is 1.50. The number of ketones is 1. The molecule has 0 radical (unpaired) electrons. The lowest BCUT2D eigenvalue weighted by Crippen LogP contribution is -1.98. The molecule has 0 fully saturated rings. The van der Waals surface area contributed by atoms with Gasteiger partial charge in [0.05, 0.1) is 0 Å². The normalized spacial score (nSPS) is 10.1. The van der Waals surface area contributed by atoms with E-state index in [0.717, 1.165) is 4.47 Å². The molecule has 3 heteroatoms. The van der Waals surface area contributed by atoms with E-state index in [-0.39, 0.29) is 5.78 Å². The first kappa shape index (κ1) is 9.21. The van der Waals surface area contributed by atoms with Gasteiger partial charge >= 0.3 is 0 Å². The van der Waals surface area contributed by atoms with E-state index in [4.69, 9.17) is 0 Å². The highest BCUT2D eigenvalue weighted by atomic mass is 79.9. The average Bonchev–Trinajstić information content (AvgIpc) is 2.71. The molecule has 2 rings (SSSR count). The van der Waals surface area contributed by atoms with Gasteiger partial charge in [-0.25, -0.2) is 0 Å². The quantitative estimate of drug-likeness (QED) is 0.816. The van der Waals surface area contributed by atoms with Crippen molar-refractivity contribution < 1.29 is 4.79 Å². The number of rotatable bonds is 2. The summed E-state index contributed by atoms with van der Waals surface area (Å²) < 4.78 is 0.975. The molecule has 0 aliphatic carbocycles. The standard InChI is InChI=1S/C11H8BrNO/c12-10-3-1-8(2-4-10)11(14)9-5-6-13-7-9/h1-7,13H. The van der Waals surface area contributed by atoms with Gasteiger partial charge in [0, 0.05) is 28.0 Å². The van der Waals surface area contributed by atoms with Crippen molar-refractivity contribution in [3.05, 3.63) is 58.3 Å². The van der Waals surface area contributed by atoms with Crippen molar-refractivity contribution in [2.24, 2.45) is 0 Å². The lowest BCUT2D eigenvalue weighted by molar-refractivity contribution is 0.103. The summed E-state index contributed by atoms with van der Waals surface area (Å²) in [5.74, 6) is 0.0405. The summed E-state index contributed by atoms with van der Waals surface area (Å²) in [5.41, 5.74) is 1.39. The van der Waals surface area contributed by atoms with Crippen molar-refractivity contribution in [1.82, 2.24) is 4.98 Å². The molecule has 1 N–H and O–H groups in total. The van der Waals surface area contributed by atoms with E-state index in [9.17, 15) is 4.79 Å². The molecular formula is C11H8BrNO. The summed E-state index contributed by atoms with van der Waals surface area (Å²) in [6, 6.07) is 9.10. The summed E-state index contributed by atoms with van der Waals surface area (Å²) >= 11 is 3.33. The Bertz CT molecular complexity index is 431. The van der Waals surface area contributed by atoms with Gasteiger partial charge in [0.25, 0.3) is 0 Å². The van der Waals surface area contributed by atoms with Gasteiger partial charge in [-0.15, -0.1) is 0 Å². The maximum Gasteiger partial charge on any atom is 0.194 e. The Balaban J connectivity index is 2.33. The number of carbonyl (C=O) groups is 1. The lowest BCUT2D eigenvalue weighted by atomic mass is 10.1. The van der Waals surface area contributed by atoms with Gasteiger partial charge in [0.1, 0.15) is 0 Å². The lowest BCUT2D eigenvalue weighted by Gasteiger charge is -1.97. The topological polar surface area (TPSA) is 32.9 Å². The van der Waals surface area contributed by atoms with Gasteiger partial charge in [-0.1, -0.05) is 15.9 Å². The number of aromatic amines is 1. The van der Waals surface area contributed by atoms with Crippen molar-refractivity contribution >= 4 is 21.7 Å². The molecule has 0 saturated heterocycles. The third-order valence-electron chi connectivity index (χ3n) is 1.97. The third-order valence-corrected chi connectivity index (χ3v) is 2.50. The largest absolute Gasteiger partial charge is 0.367 e. The number of H-pyrrole nitrogens is 1. The molecule has 0 unspecified atom stereocenters. The summed E-state index contributed by atoms with van der Waals surface area (Å²) in [4.78, 5) is 14.6. The van der Waals surface area contributed by atoms with Crippen LogP contribution < -0.4 is 0 Å². The first-order valence-electron chi connectivity index (χ1n) is 4.20. The minimum Gasteiger partial charge on any atom is -0.367 e. The van der Waals surface area contributed by atoms with E-state index in [1.54, 1.807) is 30.6 Å². The minimum atomic E-state index is 0.0405. The highest BCUT2D eigenvalue weighted by Crippen LogP contribution is 2.13. The monoisotopic (exact) mass is 249 g/mol. The highest BCUT2D eigenvalue weighted by molar-refractivity contribution is 9.10. The SMILES string of the molecule is O=C(c1ccc(Br)cc1)c1cc[nH]c1. The van der Waals surface area contributed by atoms with Gasteiger partial charge < -0.3 is 4.98 Å². The Morgan fingerprint density at radius 1 is 1.07 bits per heavy atom. The molecule has 2 nitrogen and oxygen atoms in total. The molecule has 0 aliphatic heterocycles. The molecule has 1 aromatic carbocycles. The van der Waals surface area contributed by atoms with Crippen LogP contribution in [0.3, 0.4) is 0 Å². The van der Waals surface area contributed by atoms with Crippen molar-refractivity contribution in [2.75, 3.05) is 0 Å². The van der Waals surface area contributed by atoms with Gasteiger partial charge in [-0.3, -0.25) is 4.79 Å². The van der Waals surface area contributed by atoms with Crippen LogP contribution in [0.25, 0.3) is 0 Å². The van der Waals surface area contributed by atoms with Crippen LogP contribution >= 0.6 is 15.9 Å². The molecule has 1 heterocycles. The molecule has 0 spiro atoms. The zero-order chi connectivity index (χ0) is 9.97. The van der Waals surface area contributed by atoms with Crippen LogP contribution in [-0.4, -0.2) is 10.8 Å². The summed E-state index contributed by atoms with van der Waals surface area (Å²) in [6.45, 7) is 0. The maximum absolute atomic E-state index is 11.8. The number of halogens is 1. The van der Waals surface area contributed by atoms with Crippen molar-refractivity contribution in [1.29, 1.82) is 0 Å². The van der Waals surface area contributed by atoms with Crippen LogP contribution in [-0.2, 0) is 0 Å². The van der Waals surface area contributed by atoms with Gasteiger partial charge in [-0.2, -0.15) is 0 Å².